The van der Waals surface area contributed by atoms with E-state index >= 15 is 0 Å². The smallest absolute Gasteiger partial charge is 0.130 e. The van der Waals surface area contributed by atoms with E-state index in [0.29, 0.717) is 5.56 Å². The fourth-order valence-corrected chi connectivity index (χ4v) is 3.75. The lowest BCUT2D eigenvalue weighted by Crippen LogP contribution is -2.30. The molecule has 0 radical (unpaired) electrons. The molecule has 3 aromatic rings. The first-order valence-electron chi connectivity index (χ1n) is 6.95. The Morgan fingerprint density at radius 3 is 3.05 bits per heavy atom. The summed E-state index contributed by atoms with van der Waals surface area (Å²) in [6, 6.07) is 14.2. The highest BCUT2D eigenvalue weighted by molar-refractivity contribution is 7.10. The van der Waals surface area contributed by atoms with Gasteiger partial charge in [0.1, 0.15) is 5.82 Å². The van der Waals surface area contributed by atoms with Gasteiger partial charge in [0.2, 0.25) is 0 Å². The first-order chi connectivity index (χ1) is 10.3. The maximum Gasteiger partial charge on any atom is 0.130 e. The van der Waals surface area contributed by atoms with Crippen LogP contribution in [0.15, 0.2) is 41.8 Å². The highest BCUT2D eigenvalue weighted by Crippen LogP contribution is 2.29. The zero-order valence-electron chi connectivity index (χ0n) is 11.4. The number of hydrogen-bond acceptors (Lipinski definition) is 4. The van der Waals surface area contributed by atoms with Gasteiger partial charge in [0.25, 0.3) is 0 Å². The number of pyridine rings is 1. The molecule has 4 heteroatoms. The number of nitrogens with zero attached hydrogens (tertiary/aromatic N) is 3. The first kappa shape index (κ1) is 12.4. The normalized spacial score (nSPS) is 14.0. The third kappa shape index (κ3) is 2.07. The molecule has 0 unspecified atom stereocenters. The number of benzene rings is 1. The third-order valence-corrected chi connectivity index (χ3v) is 4.98. The Hall–Kier alpha value is -2.38. The van der Waals surface area contributed by atoms with Gasteiger partial charge in [-0.2, -0.15) is 5.26 Å². The van der Waals surface area contributed by atoms with Gasteiger partial charge in [0.15, 0.2) is 0 Å². The van der Waals surface area contributed by atoms with Crippen molar-refractivity contribution in [1.82, 2.24) is 4.98 Å². The number of nitriles is 1. The van der Waals surface area contributed by atoms with Gasteiger partial charge in [-0.25, -0.2) is 4.98 Å². The molecule has 1 aliphatic heterocycles. The third-order valence-electron chi connectivity index (χ3n) is 3.95. The van der Waals surface area contributed by atoms with E-state index in [2.05, 4.69) is 22.4 Å². The summed E-state index contributed by atoms with van der Waals surface area (Å²) in [5.74, 6) is 0.905. The van der Waals surface area contributed by atoms with Gasteiger partial charge in [-0.05, 0) is 35.6 Å². The van der Waals surface area contributed by atoms with Crippen molar-refractivity contribution >= 4 is 28.1 Å². The molecule has 0 bridgehead atoms. The van der Waals surface area contributed by atoms with Crippen molar-refractivity contribution in [3.8, 4) is 6.07 Å². The summed E-state index contributed by atoms with van der Waals surface area (Å²) in [7, 11) is 0. The SMILES string of the molecule is N#Cc1cc(N2CCc3sccc3C2)nc2ccccc12. The molecule has 3 nitrogen and oxygen atoms in total. The molecule has 0 saturated carbocycles. The van der Waals surface area contributed by atoms with Crippen LogP contribution < -0.4 is 4.90 Å². The van der Waals surface area contributed by atoms with E-state index in [9.17, 15) is 5.26 Å². The quantitative estimate of drug-likeness (QED) is 0.686. The molecule has 1 aliphatic rings. The average Bonchev–Trinajstić information content (AvgIpc) is 3.01. The summed E-state index contributed by atoms with van der Waals surface area (Å²) >= 11 is 1.83. The summed E-state index contributed by atoms with van der Waals surface area (Å²) in [5.41, 5.74) is 2.98. The Morgan fingerprint density at radius 2 is 2.14 bits per heavy atom. The average molecular weight is 291 g/mol. The molecule has 4 rings (SSSR count). The number of fused-ring (bicyclic) bond motifs is 2. The van der Waals surface area contributed by atoms with Crippen LogP contribution in [0.4, 0.5) is 5.82 Å². The first-order valence-corrected chi connectivity index (χ1v) is 7.83. The molecule has 0 N–H and O–H groups in total. The van der Waals surface area contributed by atoms with Crippen LogP contribution >= 0.6 is 11.3 Å². The second-order valence-corrected chi connectivity index (χ2v) is 6.20. The van der Waals surface area contributed by atoms with Gasteiger partial charge in [0, 0.05) is 23.4 Å². The van der Waals surface area contributed by atoms with Crippen molar-refractivity contribution in [2.75, 3.05) is 11.4 Å². The number of anilines is 1. The maximum absolute atomic E-state index is 9.39. The lowest BCUT2D eigenvalue weighted by molar-refractivity contribution is 0.734. The van der Waals surface area contributed by atoms with E-state index in [4.69, 9.17) is 4.98 Å². The fourth-order valence-electron chi connectivity index (χ4n) is 2.86. The van der Waals surface area contributed by atoms with Crippen LogP contribution in [0.5, 0.6) is 0 Å². The Morgan fingerprint density at radius 1 is 1.24 bits per heavy atom. The Labute approximate surface area is 127 Å². The summed E-state index contributed by atoms with van der Waals surface area (Å²) in [4.78, 5) is 8.49. The summed E-state index contributed by atoms with van der Waals surface area (Å²) in [6.07, 6.45) is 1.06. The predicted molar refractivity (Wildman–Crippen MR) is 85.5 cm³/mol. The highest BCUT2D eigenvalue weighted by atomic mass is 32.1. The van der Waals surface area contributed by atoms with Crippen molar-refractivity contribution in [3.05, 3.63) is 57.8 Å². The zero-order valence-corrected chi connectivity index (χ0v) is 12.2. The van der Waals surface area contributed by atoms with Gasteiger partial charge in [-0.3, -0.25) is 0 Å². The van der Waals surface area contributed by atoms with Gasteiger partial charge < -0.3 is 4.90 Å². The zero-order chi connectivity index (χ0) is 14.2. The minimum Gasteiger partial charge on any atom is -0.352 e. The van der Waals surface area contributed by atoms with E-state index in [1.807, 2.05) is 41.7 Å². The van der Waals surface area contributed by atoms with Crippen LogP contribution in [-0.2, 0) is 13.0 Å². The van der Waals surface area contributed by atoms with Crippen molar-refractivity contribution in [3.63, 3.8) is 0 Å². The lowest BCUT2D eigenvalue weighted by Gasteiger charge is -2.28. The van der Waals surface area contributed by atoms with Crippen molar-refractivity contribution < 1.29 is 0 Å². The molecule has 3 heterocycles. The number of thiophene rings is 1. The summed E-state index contributed by atoms with van der Waals surface area (Å²) in [5, 5.41) is 12.5. The number of para-hydroxylation sites is 1. The monoisotopic (exact) mass is 291 g/mol. The van der Waals surface area contributed by atoms with Crippen LogP contribution in [0.25, 0.3) is 10.9 Å². The Balaban J connectivity index is 1.79. The second-order valence-electron chi connectivity index (χ2n) is 5.20. The lowest BCUT2D eigenvalue weighted by atomic mass is 10.1. The summed E-state index contributed by atoms with van der Waals surface area (Å²) in [6.45, 7) is 1.85. The predicted octanol–water partition coefficient (Wildman–Crippen LogP) is 3.73. The molecule has 0 amide bonds. The molecule has 1 aromatic carbocycles. The van der Waals surface area contributed by atoms with Gasteiger partial charge >= 0.3 is 0 Å². The second kappa shape index (κ2) is 4.87. The van der Waals surface area contributed by atoms with E-state index in [-0.39, 0.29) is 0 Å². The Kier molecular flexibility index (Phi) is 2.87. The molecule has 0 aliphatic carbocycles. The van der Waals surface area contributed by atoms with Crippen LogP contribution in [-0.4, -0.2) is 11.5 Å². The molecule has 0 fully saturated rings. The minimum absolute atomic E-state index is 0.701. The van der Waals surface area contributed by atoms with E-state index in [0.717, 1.165) is 36.2 Å². The van der Waals surface area contributed by atoms with Crippen molar-refractivity contribution in [2.45, 2.75) is 13.0 Å². The number of aromatic nitrogens is 1. The molecule has 2 aromatic heterocycles. The van der Waals surface area contributed by atoms with Gasteiger partial charge in [-0.1, -0.05) is 18.2 Å². The molecular weight excluding hydrogens is 278 g/mol. The van der Waals surface area contributed by atoms with E-state index in [1.54, 1.807) is 0 Å². The number of hydrogen-bond donors (Lipinski definition) is 0. The van der Waals surface area contributed by atoms with Crippen LogP contribution in [0.3, 0.4) is 0 Å². The summed E-state index contributed by atoms with van der Waals surface area (Å²) < 4.78 is 0. The van der Waals surface area contributed by atoms with Gasteiger partial charge in [-0.15, -0.1) is 11.3 Å². The number of rotatable bonds is 1. The highest BCUT2D eigenvalue weighted by Gasteiger charge is 2.19. The van der Waals surface area contributed by atoms with Gasteiger partial charge in [0.05, 0.1) is 17.1 Å². The molecule has 0 atom stereocenters. The maximum atomic E-state index is 9.39. The van der Waals surface area contributed by atoms with E-state index in [1.165, 1.54) is 10.4 Å². The molecule has 102 valence electrons. The fraction of sp³-hybridized carbons (Fsp3) is 0.176. The van der Waals surface area contributed by atoms with Crippen LogP contribution in [0.2, 0.25) is 0 Å². The van der Waals surface area contributed by atoms with Crippen LogP contribution in [0, 0.1) is 11.3 Å². The molecule has 21 heavy (non-hydrogen) atoms. The molecule has 0 saturated heterocycles. The molecule has 0 spiro atoms. The largest absolute Gasteiger partial charge is 0.352 e. The Bertz CT molecular complexity index is 860. The van der Waals surface area contributed by atoms with Crippen molar-refractivity contribution in [1.29, 1.82) is 5.26 Å². The van der Waals surface area contributed by atoms with E-state index < -0.39 is 0 Å². The minimum atomic E-state index is 0.701. The van der Waals surface area contributed by atoms with Crippen LogP contribution in [0.1, 0.15) is 16.0 Å². The molecular formula is C17H13N3S. The standard InChI is InChI=1S/C17H13N3S/c18-10-13-9-17(19-15-4-2-1-3-14(13)15)20-7-5-16-12(11-20)6-8-21-16/h1-4,6,8-9H,5,7,11H2. The van der Waals surface area contributed by atoms with Crippen molar-refractivity contribution in [2.24, 2.45) is 0 Å². The topological polar surface area (TPSA) is 39.9 Å².